The van der Waals surface area contributed by atoms with Crippen molar-refractivity contribution in [1.29, 1.82) is 0 Å². The van der Waals surface area contributed by atoms with Crippen LogP contribution in [0.5, 0.6) is 0 Å². The van der Waals surface area contributed by atoms with Crippen molar-refractivity contribution in [3.63, 3.8) is 0 Å². The predicted molar refractivity (Wildman–Crippen MR) is 83.1 cm³/mol. The molecule has 6 nitrogen and oxygen atoms in total. The van der Waals surface area contributed by atoms with Crippen LogP contribution < -0.4 is 4.90 Å². The molecule has 1 aliphatic rings. The van der Waals surface area contributed by atoms with Crippen LogP contribution in [0.4, 0.5) is 11.5 Å². The number of nitro groups is 1. The molecule has 0 bridgehead atoms. The maximum absolute atomic E-state index is 11.2. The van der Waals surface area contributed by atoms with E-state index in [9.17, 15) is 15.2 Å². The Balaban J connectivity index is 2.03. The molecular formula is C15H14ClN3O3. The number of anilines is 1. The third-order valence-electron chi connectivity index (χ3n) is 3.81. The molecule has 0 amide bonds. The second-order valence-corrected chi connectivity index (χ2v) is 5.59. The van der Waals surface area contributed by atoms with Crippen molar-refractivity contribution in [2.75, 3.05) is 11.4 Å². The third kappa shape index (κ3) is 2.63. The number of rotatable bonds is 3. The normalized spacial score (nSPS) is 21.1. The largest absolute Gasteiger partial charge is 0.391 e. The first kappa shape index (κ1) is 14.7. The summed E-state index contributed by atoms with van der Waals surface area (Å²) in [5, 5.41) is 22.1. The maximum Gasteiger partial charge on any atom is 0.311 e. The minimum absolute atomic E-state index is 0.0597. The van der Waals surface area contributed by atoms with Crippen LogP contribution in [0.25, 0.3) is 0 Å². The van der Waals surface area contributed by atoms with E-state index in [1.54, 1.807) is 17.0 Å². The number of aliphatic hydroxyl groups excluding tert-OH is 1. The molecule has 1 fully saturated rings. The molecule has 2 aromatic rings. The molecular weight excluding hydrogens is 306 g/mol. The SMILES string of the molecule is O=[N+]([O-])c1cccnc1N1CC[C@@H](O)[C@H]1c1ccc(Cl)cc1. The van der Waals surface area contributed by atoms with Gasteiger partial charge in [0.25, 0.3) is 0 Å². The second-order valence-electron chi connectivity index (χ2n) is 5.15. The summed E-state index contributed by atoms with van der Waals surface area (Å²) < 4.78 is 0. The standard InChI is InChI=1S/C15H14ClN3O3/c16-11-5-3-10(4-6-11)14-13(20)7-9-18(14)15-12(19(21)22)2-1-8-17-15/h1-6,8,13-14,20H,7,9H2/t13-,14-/m1/s1. The highest BCUT2D eigenvalue weighted by atomic mass is 35.5. The van der Waals surface area contributed by atoms with Crippen molar-refractivity contribution >= 4 is 23.1 Å². The number of aromatic nitrogens is 1. The van der Waals surface area contributed by atoms with Gasteiger partial charge in [0.2, 0.25) is 5.82 Å². The van der Waals surface area contributed by atoms with Crippen molar-refractivity contribution in [2.45, 2.75) is 18.6 Å². The van der Waals surface area contributed by atoms with Crippen molar-refractivity contribution in [2.24, 2.45) is 0 Å². The lowest BCUT2D eigenvalue weighted by molar-refractivity contribution is -0.384. The monoisotopic (exact) mass is 319 g/mol. The average Bonchev–Trinajstić information content (AvgIpc) is 2.90. The molecule has 7 heteroatoms. The van der Waals surface area contributed by atoms with Crippen LogP contribution in [0.15, 0.2) is 42.6 Å². The van der Waals surface area contributed by atoms with Gasteiger partial charge >= 0.3 is 5.69 Å². The predicted octanol–water partition coefficient (Wildman–Crippen LogP) is 2.96. The molecule has 0 unspecified atom stereocenters. The molecule has 0 radical (unpaired) electrons. The Labute approximate surface area is 132 Å². The number of pyridine rings is 1. The van der Waals surface area contributed by atoms with Crippen LogP contribution in [0, 0.1) is 10.1 Å². The van der Waals surface area contributed by atoms with Crippen LogP contribution in [0.3, 0.4) is 0 Å². The first-order valence-electron chi connectivity index (χ1n) is 6.87. The van der Waals surface area contributed by atoms with Crippen LogP contribution in [0.2, 0.25) is 5.02 Å². The van der Waals surface area contributed by atoms with Crippen molar-refractivity contribution in [3.8, 4) is 0 Å². The number of nitrogens with zero attached hydrogens (tertiary/aromatic N) is 3. The Morgan fingerprint density at radius 1 is 1.32 bits per heavy atom. The Morgan fingerprint density at radius 2 is 2.05 bits per heavy atom. The molecule has 1 aromatic heterocycles. The smallest absolute Gasteiger partial charge is 0.311 e. The summed E-state index contributed by atoms with van der Waals surface area (Å²) in [6.45, 7) is 0.506. The number of aliphatic hydroxyl groups is 1. The van der Waals surface area contributed by atoms with E-state index >= 15 is 0 Å². The summed E-state index contributed by atoms with van der Waals surface area (Å²) in [4.78, 5) is 16.7. The van der Waals surface area contributed by atoms with Crippen molar-refractivity contribution < 1.29 is 10.0 Å². The maximum atomic E-state index is 11.2. The minimum atomic E-state index is -0.609. The first-order valence-corrected chi connectivity index (χ1v) is 7.25. The van der Waals surface area contributed by atoms with Crippen LogP contribution in [-0.2, 0) is 0 Å². The lowest BCUT2D eigenvalue weighted by atomic mass is 10.0. The Hall–Kier alpha value is -2.18. The number of halogens is 1. The highest BCUT2D eigenvalue weighted by Crippen LogP contribution is 2.39. The minimum Gasteiger partial charge on any atom is -0.391 e. The van der Waals surface area contributed by atoms with Gasteiger partial charge in [-0.25, -0.2) is 4.98 Å². The highest BCUT2D eigenvalue weighted by Gasteiger charge is 2.37. The molecule has 114 valence electrons. The van der Waals surface area contributed by atoms with E-state index in [-0.39, 0.29) is 17.5 Å². The van der Waals surface area contributed by atoms with E-state index in [1.807, 2.05) is 12.1 Å². The highest BCUT2D eigenvalue weighted by molar-refractivity contribution is 6.30. The summed E-state index contributed by atoms with van der Waals surface area (Å²) in [7, 11) is 0. The molecule has 1 N–H and O–H groups in total. The van der Waals surface area contributed by atoms with Gasteiger partial charge in [0.05, 0.1) is 17.1 Å². The summed E-state index contributed by atoms with van der Waals surface area (Å²) >= 11 is 5.90. The van der Waals surface area contributed by atoms with E-state index in [4.69, 9.17) is 11.6 Å². The van der Waals surface area contributed by atoms with Gasteiger partial charge in [0, 0.05) is 23.8 Å². The lowest BCUT2D eigenvalue weighted by Gasteiger charge is -2.27. The van der Waals surface area contributed by atoms with Gasteiger partial charge in [0.15, 0.2) is 0 Å². The molecule has 1 aromatic carbocycles. The average molecular weight is 320 g/mol. The van der Waals surface area contributed by atoms with E-state index in [0.717, 1.165) is 5.56 Å². The summed E-state index contributed by atoms with van der Waals surface area (Å²) in [6, 6.07) is 9.72. The zero-order valence-corrected chi connectivity index (χ0v) is 12.3. The number of hydrogen-bond donors (Lipinski definition) is 1. The van der Waals surface area contributed by atoms with Crippen LogP contribution in [0.1, 0.15) is 18.0 Å². The van der Waals surface area contributed by atoms with E-state index < -0.39 is 11.0 Å². The van der Waals surface area contributed by atoms with Gasteiger partial charge < -0.3 is 10.0 Å². The fourth-order valence-electron chi connectivity index (χ4n) is 2.83. The molecule has 3 rings (SSSR count). The Bertz CT molecular complexity index is 693. The van der Waals surface area contributed by atoms with Crippen LogP contribution in [-0.4, -0.2) is 27.7 Å². The van der Waals surface area contributed by atoms with Gasteiger partial charge in [-0.05, 0) is 30.2 Å². The fraction of sp³-hybridized carbons (Fsp3) is 0.267. The Kier molecular flexibility index (Phi) is 3.96. The summed E-state index contributed by atoms with van der Waals surface area (Å²) in [6.07, 6.45) is 1.44. The van der Waals surface area contributed by atoms with Crippen molar-refractivity contribution in [1.82, 2.24) is 4.98 Å². The fourth-order valence-corrected chi connectivity index (χ4v) is 2.95. The molecule has 2 heterocycles. The Morgan fingerprint density at radius 3 is 2.73 bits per heavy atom. The van der Waals surface area contributed by atoms with Gasteiger partial charge in [-0.3, -0.25) is 10.1 Å². The van der Waals surface area contributed by atoms with Gasteiger partial charge in [-0.15, -0.1) is 0 Å². The van der Waals surface area contributed by atoms with Gasteiger partial charge in [-0.2, -0.15) is 0 Å². The zero-order chi connectivity index (χ0) is 15.7. The lowest BCUT2D eigenvalue weighted by Crippen LogP contribution is -2.28. The first-order chi connectivity index (χ1) is 10.6. The molecule has 1 saturated heterocycles. The molecule has 2 atom stereocenters. The molecule has 1 aliphatic heterocycles. The van der Waals surface area contributed by atoms with E-state index in [2.05, 4.69) is 4.98 Å². The molecule has 22 heavy (non-hydrogen) atoms. The molecule has 0 aliphatic carbocycles. The van der Waals surface area contributed by atoms with Crippen LogP contribution >= 0.6 is 11.6 Å². The summed E-state index contributed by atoms with van der Waals surface area (Å²) in [5.41, 5.74) is 0.796. The molecule has 0 saturated carbocycles. The van der Waals surface area contributed by atoms with Gasteiger partial charge in [0.1, 0.15) is 0 Å². The zero-order valence-electron chi connectivity index (χ0n) is 11.6. The topological polar surface area (TPSA) is 79.5 Å². The third-order valence-corrected chi connectivity index (χ3v) is 4.06. The molecule has 0 spiro atoms. The van der Waals surface area contributed by atoms with E-state index in [0.29, 0.717) is 18.0 Å². The van der Waals surface area contributed by atoms with Crippen molar-refractivity contribution in [3.05, 3.63) is 63.3 Å². The van der Waals surface area contributed by atoms with E-state index in [1.165, 1.54) is 18.3 Å². The number of hydrogen-bond acceptors (Lipinski definition) is 5. The quantitative estimate of drug-likeness (QED) is 0.695. The second kappa shape index (κ2) is 5.90. The number of benzene rings is 1. The van der Waals surface area contributed by atoms with Gasteiger partial charge in [-0.1, -0.05) is 23.7 Å². The summed E-state index contributed by atoms with van der Waals surface area (Å²) in [5.74, 6) is 0.281.